The smallest absolute Gasteiger partial charge is 0.123 e. The lowest BCUT2D eigenvalue weighted by Crippen LogP contribution is -2.24. The van der Waals surface area contributed by atoms with Gasteiger partial charge in [-0.2, -0.15) is 0 Å². The van der Waals surface area contributed by atoms with Crippen LogP contribution in [0.1, 0.15) is 44.2 Å². The normalized spacial score (nSPS) is 16.6. The third-order valence-corrected chi connectivity index (χ3v) is 3.30. The van der Waals surface area contributed by atoms with Crippen LogP contribution in [-0.4, -0.2) is 12.1 Å². The van der Waals surface area contributed by atoms with E-state index < -0.39 is 0 Å². The first-order valence-electron chi connectivity index (χ1n) is 6.62. The topological polar surface area (TPSA) is 35.2 Å². The number of hydrogen-bond acceptors (Lipinski definition) is 2. The van der Waals surface area contributed by atoms with Crippen molar-refractivity contribution in [1.29, 1.82) is 0 Å². The minimum Gasteiger partial charge on any atom is -0.487 e. The molecular formula is C15H23NO. The van der Waals surface area contributed by atoms with Crippen LogP contribution < -0.4 is 10.5 Å². The summed E-state index contributed by atoms with van der Waals surface area (Å²) in [7, 11) is 0. The molecule has 1 aliphatic heterocycles. The zero-order valence-corrected chi connectivity index (χ0v) is 11.0. The van der Waals surface area contributed by atoms with Crippen molar-refractivity contribution in [3.8, 4) is 5.75 Å². The number of ether oxygens (including phenoxy) is 1. The van der Waals surface area contributed by atoms with Gasteiger partial charge in [-0.1, -0.05) is 18.6 Å². The number of nitrogens with two attached hydrogens (primary N) is 1. The molecule has 0 spiro atoms. The van der Waals surface area contributed by atoms with Crippen molar-refractivity contribution in [3.63, 3.8) is 0 Å². The SMILES string of the molecule is CC1(C)Cc2cc(CCCCCN)ccc2O1. The number of aryl methyl sites for hydroxylation is 1. The number of hydrogen-bond donors (Lipinski definition) is 1. The van der Waals surface area contributed by atoms with Gasteiger partial charge in [0.25, 0.3) is 0 Å². The van der Waals surface area contributed by atoms with Crippen molar-refractivity contribution in [1.82, 2.24) is 0 Å². The predicted octanol–water partition coefficient (Wildman–Crippen LogP) is 3.07. The molecule has 1 aromatic rings. The van der Waals surface area contributed by atoms with Gasteiger partial charge in [0, 0.05) is 6.42 Å². The van der Waals surface area contributed by atoms with Gasteiger partial charge < -0.3 is 10.5 Å². The van der Waals surface area contributed by atoms with E-state index in [1.807, 2.05) is 0 Å². The molecule has 1 heterocycles. The summed E-state index contributed by atoms with van der Waals surface area (Å²) < 4.78 is 5.88. The zero-order chi connectivity index (χ0) is 12.3. The fraction of sp³-hybridized carbons (Fsp3) is 0.600. The van der Waals surface area contributed by atoms with E-state index in [9.17, 15) is 0 Å². The lowest BCUT2D eigenvalue weighted by atomic mass is 9.98. The van der Waals surface area contributed by atoms with Crippen molar-refractivity contribution in [3.05, 3.63) is 29.3 Å². The van der Waals surface area contributed by atoms with Crippen LogP contribution in [0.2, 0.25) is 0 Å². The van der Waals surface area contributed by atoms with Crippen LogP contribution in [0.3, 0.4) is 0 Å². The summed E-state index contributed by atoms with van der Waals surface area (Å²) in [6, 6.07) is 6.64. The zero-order valence-electron chi connectivity index (χ0n) is 11.0. The first-order valence-corrected chi connectivity index (χ1v) is 6.62. The summed E-state index contributed by atoms with van der Waals surface area (Å²) in [5.74, 6) is 1.07. The highest BCUT2D eigenvalue weighted by atomic mass is 16.5. The van der Waals surface area contributed by atoms with Gasteiger partial charge in [0.2, 0.25) is 0 Å². The lowest BCUT2D eigenvalue weighted by Gasteiger charge is -2.16. The maximum atomic E-state index is 5.88. The van der Waals surface area contributed by atoms with Gasteiger partial charge >= 0.3 is 0 Å². The van der Waals surface area contributed by atoms with Gasteiger partial charge in [-0.05, 0) is 56.8 Å². The quantitative estimate of drug-likeness (QED) is 0.793. The third-order valence-electron chi connectivity index (χ3n) is 3.30. The molecule has 2 heteroatoms. The predicted molar refractivity (Wildman–Crippen MR) is 71.5 cm³/mol. The molecule has 1 aromatic carbocycles. The molecule has 0 saturated heterocycles. The van der Waals surface area contributed by atoms with Gasteiger partial charge in [0.05, 0.1) is 0 Å². The molecule has 1 aliphatic rings. The largest absolute Gasteiger partial charge is 0.487 e. The molecule has 0 fully saturated rings. The van der Waals surface area contributed by atoms with Crippen molar-refractivity contribution < 1.29 is 4.74 Å². The molecule has 0 aromatic heterocycles. The maximum absolute atomic E-state index is 5.88. The molecule has 0 bridgehead atoms. The van der Waals surface area contributed by atoms with Crippen LogP contribution in [0.25, 0.3) is 0 Å². The fourth-order valence-corrected chi connectivity index (χ4v) is 2.47. The van der Waals surface area contributed by atoms with E-state index in [0.717, 1.165) is 31.6 Å². The van der Waals surface area contributed by atoms with Crippen molar-refractivity contribution in [2.75, 3.05) is 6.54 Å². The number of benzene rings is 1. The average Bonchev–Trinajstić information content (AvgIpc) is 2.57. The first kappa shape index (κ1) is 12.4. The standard InChI is InChI=1S/C15H23NO/c1-15(2)11-13-10-12(6-4-3-5-9-16)7-8-14(13)17-15/h7-8,10H,3-6,9,11,16H2,1-2H3. The van der Waals surface area contributed by atoms with E-state index in [4.69, 9.17) is 10.5 Å². The fourth-order valence-electron chi connectivity index (χ4n) is 2.47. The number of fused-ring (bicyclic) bond motifs is 1. The Morgan fingerprint density at radius 1 is 1.24 bits per heavy atom. The summed E-state index contributed by atoms with van der Waals surface area (Å²) >= 11 is 0. The molecule has 0 radical (unpaired) electrons. The van der Waals surface area contributed by atoms with Crippen LogP contribution in [0, 0.1) is 0 Å². The Morgan fingerprint density at radius 2 is 2.06 bits per heavy atom. The number of rotatable bonds is 5. The molecule has 0 unspecified atom stereocenters. The van der Waals surface area contributed by atoms with E-state index in [-0.39, 0.29) is 5.60 Å². The van der Waals surface area contributed by atoms with Gasteiger partial charge in [-0.15, -0.1) is 0 Å². The molecule has 2 N–H and O–H groups in total. The second-order valence-electron chi connectivity index (χ2n) is 5.58. The maximum Gasteiger partial charge on any atom is 0.123 e. The molecular weight excluding hydrogens is 210 g/mol. The van der Waals surface area contributed by atoms with Gasteiger partial charge in [0.15, 0.2) is 0 Å². The highest BCUT2D eigenvalue weighted by Gasteiger charge is 2.29. The Bertz CT molecular complexity index is 385. The second kappa shape index (κ2) is 5.09. The highest BCUT2D eigenvalue weighted by molar-refractivity contribution is 5.41. The van der Waals surface area contributed by atoms with Crippen LogP contribution in [-0.2, 0) is 12.8 Å². The van der Waals surface area contributed by atoms with Crippen molar-refractivity contribution in [2.24, 2.45) is 5.73 Å². The first-order chi connectivity index (χ1) is 8.11. The van der Waals surface area contributed by atoms with E-state index in [0.29, 0.717) is 0 Å². The Morgan fingerprint density at radius 3 is 2.82 bits per heavy atom. The Hall–Kier alpha value is -1.02. The second-order valence-corrected chi connectivity index (χ2v) is 5.58. The minimum absolute atomic E-state index is 0.0273. The minimum atomic E-state index is -0.0273. The average molecular weight is 233 g/mol. The van der Waals surface area contributed by atoms with E-state index in [2.05, 4.69) is 32.0 Å². The molecule has 2 rings (SSSR count). The van der Waals surface area contributed by atoms with E-state index in [1.54, 1.807) is 0 Å². The van der Waals surface area contributed by atoms with Gasteiger partial charge in [-0.3, -0.25) is 0 Å². The highest BCUT2D eigenvalue weighted by Crippen LogP contribution is 2.35. The Labute approximate surface area is 104 Å². The lowest BCUT2D eigenvalue weighted by molar-refractivity contribution is 0.138. The molecule has 0 atom stereocenters. The van der Waals surface area contributed by atoms with E-state index in [1.165, 1.54) is 24.0 Å². The molecule has 2 nitrogen and oxygen atoms in total. The van der Waals surface area contributed by atoms with Crippen LogP contribution in [0.4, 0.5) is 0 Å². The Kier molecular flexibility index (Phi) is 3.72. The monoisotopic (exact) mass is 233 g/mol. The summed E-state index contributed by atoms with van der Waals surface area (Å²) in [4.78, 5) is 0. The Balaban J connectivity index is 1.94. The van der Waals surface area contributed by atoms with E-state index >= 15 is 0 Å². The summed E-state index contributed by atoms with van der Waals surface area (Å²) in [6.45, 7) is 5.11. The summed E-state index contributed by atoms with van der Waals surface area (Å²) in [5, 5.41) is 0. The number of unbranched alkanes of at least 4 members (excludes halogenated alkanes) is 2. The van der Waals surface area contributed by atoms with Crippen molar-refractivity contribution >= 4 is 0 Å². The van der Waals surface area contributed by atoms with Crippen LogP contribution in [0.15, 0.2) is 18.2 Å². The summed E-state index contributed by atoms with van der Waals surface area (Å²) in [5.41, 5.74) is 8.27. The van der Waals surface area contributed by atoms with Crippen LogP contribution in [0.5, 0.6) is 5.75 Å². The van der Waals surface area contributed by atoms with Crippen LogP contribution >= 0.6 is 0 Å². The van der Waals surface area contributed by atoms with Crippen molar-refractivity contribution in [2.45, 2.75) is 51.6 Å². The molecule has 0 amide bonds. The molecule has 17 heavy (non-hydrogen) atoms. The van der Waals surface area contributed by atoms with Gasteiger partial charge in [0.1, 0.15) is 11.4 Å². The molecule has 0 aliphatic carbocycles. The third kappa shape index (κ3) is 3.22. The molecule has 0 saturated carbocycles. The summed E-state index contributed by atoms with van der Waals surface area (Å²) in [6.07, 6.45) is 5.80. The van der Waals surface area contributed by atoms with Gasteiger partial charge in [-0.25, -0.2) is 0 Å². The molecule has 94 valence electrons.